The quantitative estimate of drug-likeness (QED) is 0.580. The Bertz CT molecular complexity index is 286. The van der Waals surface area contributed by atoms with Crippen molar-refractivity contribution in [3.05, 3.63) is 0 Å². The van der Waals surface area contributed by atoms with E-state index < -0.39 is 0 Å². The van der Waals surface area contributed by atoms with Crippen LogP contribution in [0.25, 0.3) is 0 Å². The zero-order valence-electron chi connectivity index (χ0n) is 12.1. The monoisotopic (exact) mass is 253 g/mol. The highest BCUT2D eigenvalue weighted by Crippen LogP contribution is 2.22. The van der Waals surface area contributed by atoms with Crippen LogP contribution in [0.2, 0.25) is 0 Å². The molecule has 0 amide bonds. The standard InChI is InChI=1S/C15H27NO2/c1-4-6-7-8-9-10-11-13(17)15-12(3)14(5-2)18-16-15/h12,14H,4-11H2,1-3H3. The maximum Gasteiger partial charge on any atom is 0.180 e. The number of oxime groups is 1. The highest BCUT2D eigenvalue weighted by Gasteiger charge is 2.32. The highest BCUT2D eigenvalue weighted by atomic mass is 16.6. The highest BCUT2D eigenvalue weighted by molar-refractivity contribution is 6.40. The maximum absolute atomic E-state index is 12.0. The summed E-state index contributed by atoms with van der Waals surface area (Å²) in [6.45, 7) is 6.32. The molecule has 0 fully saturated rings. The van der Waals surface area contributed by atoms with Crippen LogP contribution in [0.5, 0.6) is 0 Å². The van der Waals surface area contributed by atoms with Gasteiger partial charge in [0.1, 0.15) is 11.8 Å². The van der Waals surface area contributed by atoms with Crippen molar-refractivity contribution in [1.82, 2.24) is 0 Å². The fourth-order valence-corrected chi connectivity index (χ4v) is 2.40. The van der Waals surface area contributed by atoms with Crippen LogP contribution in [0, 0.1) is 5.92 Å². The summed E-state index contributed by atoms with van der Waals surface area (Å²) in [5, 5.41) is 3.96. The molecule has 1 aliphatic rings. The van der Waals surface area contributed by atoms with E-state index in [0.717, 1.165) is 19.3 Å². The van der Waals surface area contributed by atoms with E-state index in [1.807, 2.05) is 6.92 Å². The van der Waals surface area contributed by atoms with Crippen molar-refractivity contribution in [2.24, 2.45) is 11.1 Å². The van der Waals surface area contributed by atoms with Gasteiger partial charge in [0.25, 0.3) is 0 Å². The van der Waals surface area contributed by atoms with Crippen LogP contribution in [0.4, 0.5) is 0 Å². The largest absolute Gasteiger partial charge is 0.391 e. The molecule has 0 bridgehead atoms. The lowest BCUT2D eigenvalue weighted by Gasteiger charge is -2.11. The number of unbranched alkanes of at least 4 members (excludes halogenated alkanes) is 5. The first kappa shape index (κ1) is 15.2. The normalized spacial score (nSPS) is 22.7. The van der Waals surface area contributed by atoms with Crippen LogP contribution >= 0.6 is 0 Å². The average molecular weight is 253 g/mol. The predicted molar refractivity (Wildman–Crippen MR) is 74.8 cm³/mol. The summed E-state index contributed by atoms with van der Waals surface area (Å²) in [6.07, 6.45) is 8.92. The Morgan fingerprint density at radius 2 is 1.83 bits per heavy atom. The van der Waals surface area contributed by atoms with Gasteiger partial charge in [0.05, 0.1) is 0 Å². The van der Waals surface area contributed by atoms with Crippen LogP contribution in [0.3, 0.4) is 0 Å². The van der Waals surface area contributed by atoms with Crippen molar-refractivity contribution >= 4 is 11.5 Å². The molecule has 0 saturated carbocycles. The number of rotatable bonds is 9. The van der Waals surface area contributed by atoms with Gasteiger partial charge in [-0.25, -0.2) is 0 Å². The minimum atomic E-state index is 0.105. The summed E-state index contributed by atoms with van der Waals surface area (Å²) in [7, 11) is 0. The second-order valence-corrected chi connectivity index (χ2v) is 5.26. The minimum absolute atomic E-state index is 0.105. The number of carbonyl (C=O) groups excluding carboxylic acids is 1. The molecule has 0 aromatic carbocycles. The van der Waals surface area contributed by atoms with Gasteiger partial charge < -0.3 is 4.84 Å². The van der Waals surface area contributed by atoms with Gasteiger partial charge in [-0.15, -0.1) is 0 Å². The lowest BCUT2D eigenvalue weighted by Crippen LogP contribution is -2.25. The molecule has 0 spiro atoms. The summed E-state index contributed by atoms with van der Waals surface area (Å²) < 4.78 is 0. The second-order valence-electron chi connectivity index (χ2n) is 5.26. The van der Waals surface area contributed by atoms with E-state index in [0.29, 0.717) is 12.1 Å². The predicted octanol–water partition coefficient (Wildman–Crippen LogP) is 4.11. The van der Waals surface area contributed by atoms with E-state index in [4.69, 9.17) is 4.84 Å². The summed E-state index contributed by atoms with van der Waals surface area (Å²) in [5.41, 5.74) is 0.662. The zero-order valence-corrected chi connectivity index (χ0v) is 12.1. The molecule has 104 valence electrons. The van der Waals surface area contributed by atoms with Crippen LogP contribution < -0.4 is 0 Å². The molecule has 0 N–H and O–H groups in total. The molecule has 3 heteroatoms. The molecular formula is C15H27NO2. The molecule has 18 heavy (non-hydrogen) atoms. The fourth-order valence-electron chi connectivity index (χ4n) is 2.40. The molecule has 1 aliphatic heterocycles. The van der Waals surface area contributed by atoms with Crippen LogP contribution in [-0.4, -0.2) is 17.6 Å². The first-order valence-electron chi connectivity index (χ1n) is 7.47. The molecule has 3 nitrogen and oxygen atoms in total. The van der Waals surface area contributed by atoms with Crippen LogP contribution in [0.1, 0.15) is 72.1 Å². The van der Waals surface area contributed by atoms with E-state index in [9.17, 15) is 4.79 Å². The zero-order chi connectivity index (χ0) is 13.4. The topological polar surface area (TPSA) is 38.7 Å². The van der Waals surface area contributed by atoms with Gasteiger partial charge in [-0.2, -0.15) is 0 Å². The maximum atomic E-state index is 12.0. The molecule has 2 atom stereocenters. The first-order valence-corrected chi connectivity index (χ1v) is 7.47. The molecule has 0 aromatic rings. The summed E-state index contributed by atoms with van der Waals surface area (Å²) in [6, 6.07) is 0. The van der Waals surface area contributed by atoms with Gasteiger partial charge >= 0.3 is 0 Å². The molecule has 0 aliphatic carbocycles. The lowest BCUT2D eigenvalue weighted by molar-refractivity contribution is -0.113. The summed E-state index contributed by atoms with van der Waals surface area (Å²) >= 11 is 0. The second kappa shape index (κ2) is 8.28. The Morgan fingerprint density at radius 3 is 2.44 bits per heavy atom. The van der Waals surface area contributed by atoms with Gasteiger partial charge in [-0.1, -0.05) is 58.0 Å². The van der Waals surface area contributed by atoms with E-state index in [-0.39, 0.29) is 17.8 Å². The number of carbonyl (C=O) groups is 1. The molecule has 1 heterocycles. The van der Waals surface area contributed by atoms with Crippen molar-refractivity contribution in [2.45, 2.75) is 78.2 Å². The number of Topliss-reactive ketones (excluding diaryl/α,β-unsaturated/α-hetero) is 1. The molecule has 0 radical (unpaired) electrons. The minimum Gasteiger partial charge on any atom is -0.391 e. The first-order chi connectivity index (χ1) is 8.70. The number of ketones is 1. The SMILES string of the molecule is CCCCCCCCC(=O)C1=NOC(CC)C1C. The van der Waals surface area contributed by atoms with Crippen molar-refractivity contribution in [3.63, 3.8) is 0 Å². The van der Waals surface area contributed by atoms with Gasteiger partial charge in [0.15, 0.2) is 5.78 Å². The summed E-state index contributed by atoms with van der Waals surface area (Å²) in [4.78, 5) is 17.3. The van der Waals surface area contributed by atoms with Gasteiger partial charge in [0.2, 0.25) is 0 Å². The van der Waals surface area contributed by atoms with E-state index >= 15 is 0 Å². The third-order valence-corrected chi connectivity index (χ3v) is 3.72. The lowest BCUT2D eigenvalue weighted by atomic mass is 9.93. The van der Waals surface area contributed by atoms with E-state index in [1.165, 1.54) is 25.7 Å². The number of hydrogen-bond acceptors (Lipinski definition) is 3. The van der Waals surface area contributed by atoms with Crippen LogP contribution in [0.15, 0.2) is 5.16 Å². The Labute approximate surface area is 111 Å². The van der Waals surface area contributed by atoms with Crippen molar-refractivity contribution in [3.8, 4) is 0 Å². The van der Waals surface area contributed by atoms with E-state index in [2.05, 4.69) is 19.0 Å². The Balaban J connectivity index is 2.18. The van der Waals surface area contributed by atoms with Gasteiger partial charge in [-0.05, 0) is 12.8 Å². The number of nitrogens with zero attached hydrogens (tertiary/aromatic N) is 1. The van der Waals surface area contributed by atoms with E-state index in [1.54, 1.807) is 0 Å². The molecular weight excluding hydrogens is 226 g/mol. The van der Waals surface area contributed by atoms with Gasteiger partial charge in [-0.3, -0.25) is 4.79 Å². The summed E-state index contributed by atoms with van der Waals surface area (Å²) in [5.74, 6) is 0.358. The molecule has 2 unspecified atom stereocenters. The van der Waals surface area contributed by atoms with Crippen LogP contribution in [-0.2, 0) is 9.63 Å². The van der Waals surface area contributed by atoms with Gasteiger partial charge in [0, 0.05) is 12.3 Å². The van der Waals surface area contributed by atoms with Crippen molar-refractivity contribution in [2.75, 3.05) is 0 Å². The molecule has 1 rings (SSSR count). The molecule has 0 aromatic heterocycles. The third-order valence-electron chi connectivity index (χ3n) is 3.72. The Kier molecular flexibility index (Phi) is 6.99. The molecule has 0 saturated heterocycles. The number of hydrogen-bond donors (Lipinski definition) is 0. The van der Waals surface area contributed by atoms with Crippen molar-refractivity contribution in [1.29, 1.82) is 0 Å². The Morgan fingerprint density at radius 1 is 1.17 bits per heavy atom. The average Bonchev–Trinajstić information content (AvgIpc) is 2.74. The smallest absolute Gasteiger partial charge is 0.180 e. The third kappa shape index (κ3) is 4.43. The fraction of sp³-hybridized carbons (Fsp3) is 0.867. The van der Waals surface area contributed by atoms with Crippen molar-refractivity contribution < 1.29 is 9.63 Å². The Hall–Kier alpha value is -0.860.